The van der Waals surface area contributed by atoms with Gasteiger partial charge < -0.3 is 23.9 Å². The summed E-state index contributed by atoms with van der Waals surface area (Å²) in [4.78, 5) is 29.6. The quantitative estimate of drug-likeness (QED) is 0.0611. The average Bonchev–Trinajstić information content (AvgIpc) is 3.40. The van der Waals surface area contributed by atoms with Crippen molar-refractivity contribution in [2.45, 2.75) is 0 Å². The monoisotopic (exact) mass is 675 g/mol. The number of hydrazone groups is 1. The number of carbonyl (C=O) groups is 2. The minimum atomic E-state index is -0.639. The molecule has 0 fully saturated rings. The number of nitrogens with zero attached hydrogens (tertiary/aromatic N) is 1. The zero-order valence-electron chi connectivity index (χ0n) is 22.9. The van der Waals surface area contributed by atoms with E-state index in [9.17, 15) is 9.59 Å². The van der Waals surface area contributed by atoms with Crippen LogP contribution < -0.4 is 24.4 Å². The molecule has 2 N–H and O–H groups in total. The summed E-state index contributed by atoms with van der Waals surface area (Å²) in [5.74, 6) is 0.202. The summed E-state index contributed by atoms with van der Waals surface area (Å²) >= 11 is 2.25. The number of amides is 1. The molecule has 1 amide bonds. The Hall–Kier alpha value is -4.84. The standard InChI is InChI=1S/C32H26IN3O6/c1-39-26-15-21(16-27(40-2)30(26)41-3)32(38)42-25-12-8-7-11-20(25)18-34-36-31(37)29-28(19-9-5-4-6-10-19)23-17-22(33)13-14-24(23)35-29/h4-18,35H,1-3H3,(H,36,37). The Kier molecular flexibility index (Phi) is 8.72. The molecule has 4 aromatic carbocycles. The van der Waals surface area contributed by atoms with Crippen LogP contribution in [0.2, 0.25) is 0 Å². The summed E-state index contributed by atoms with van der Waals surface area (Å²) in [5, 5.41) is 5.10. The van der Waals surface area contributed by atoms with Crippen molar-refractivity contribution in [2.75, 3.05) is 21.3 Å². The predicted molar refractivity (Wildman–Crippen MR) is 169 cm³/mol. The second-order valence-electron chi connectivity index (χ2n) is 8.97. The molecule has 42 heavy (non-hydrogen) atoms. The number of aromatic amines is 1. The fraction of sp³-hybridized carbons (Fsp3) is 0.0938. The van der Waals surface area contributed by atoms with Crippen LogP contribution in [0.1, 0.15) is 26.4 Å². The maximum absolute atomic E-state index is 13.3. The molecule has 10 heteroatoms. The molecule has 212 valence electrons. The molecule has 0 atom stereocenters. The topological polar surface area (TPSA) is 111 Å². The number of esters is 1. The number of rotatable bonds is 9. The number of H-pyrrole nitrogens is 1. The zero-order valence-corrected chi connectivity index (χ0v) is 25.1. The van der Waals surface area contributed by atoms with Crippen molar-refractivity contribution in [1.82, 2.24) is 10.4 Å². The zero-order chi connectivity index (χ0) is 29.6. The maximum atomic E-state index is 13.3. The van der Waals surface area contributed by atoms with E-state index in [0.717, 1.165) is 25.6 Å². The molecule has 0 aliphatic heterocycles. The summed E-state index contributed by atoms with van der Waals surface area (Å²) in [6, 6.07) is 25.5. The molecule has 0 spiro atoms. The number of aromatic nitrogens is 1. The SMILES string of the molecule is COc1cc(C(=O)Oc2ccccc2C=NNC(=O)c2[nH]c3ccc(I)cc3c2-c2ccccc2)cc(OC)c1OC. The number of nitrogens with one attached hydrogen (secondary N) is 2. The number of hydrogen-bond acceptors (Lipinski definition) is 7. The van der Waals surface area contributed by atoms with Gasteiger partial charge in [-0.25, -0.2) is 10.2 Å². The number of carbonyl (C=O) groups excluding carboxylic acids is 2. The van der Waals surface area contributed by atoms with E-state index in [0.29, 0.717) is 28.5 Å². The molecular weight excluding hydrogens is 649 g/mol. The fourth-order valence-electron chi connectivity index (χ4n) is 4.49. The first kappa shape index (κ1) is 28.7. The first-order valence-corrected chi connectivity index (χ1v) is 13.8. The molecule has 1 heterocycles. The van der Waals surface area contributed by atoms with Crippen LogP contribution in [-0.4, -0.2) is 44.4 Å². The first-order valence-electron chi connectivity index (χ1n) is 12.7. The third kappa shape index (κ3) is 5.93. The van der Waals surface area contributed by atoms with Crippen molar-refractivity contribution in [3.8, 4) is 34.1 Å². The second kappa shape index (κ2) is 12.8. The summed E-state index contributed by atoms with van der Waals surface area (Å²) in [6.07, 6.45) is 1.42. The highest BCUT2D eigenvalue weighted by atomic mass is 127. The van der Waals surface area contributed by atoms with Crippen LogP contribution in [0.5, 0.6) is 23.0 Å². The highest BCUT2D eigenvalue weighted by molar-refractivity contribution is 14.1. The van der Waals surface area contributed by atoms with E-state index in [2.05, 4.69) is 38.1 Å². The lowest BCUT2D eigenvalue weighted by Gasteiger charge is -2.14. The fourth-order valence-corrected chi connectivity index (χ4v) is 4.98. The van der Waals surface area contributed by atoms with Gasteiger partial charge in [0.2, 0.25) is 5.75 Å². The molecule has 0 aliphatic carbocycles. The van der Waals surface area contributed by atoms with Gasteiger partial charge in [-0.1, -0.05) is 42.5 Å². The highest BCUT2D eigenvalue weighted by Gasteiger charge is 2.21. The number of benzene rings is 4. The van der Waals surface area contributed by atoms with Gasteiger partial charge in [0.1, 0.15) is 11.4 Å². The first-order chi connectivity index (χ1) is 20.4. The molecule has 0 unspecified atom stereocenters. The van der Waals surface area contributed by atoms with Crippen LogP contribution in [0.15, 0.2) is 90.0 Å². The molecule has 5 rings (SSSR count). The minimum absolute atomic E-state index is 0.200. The number of methoxy groups -OCH3 is 3. The summed E-state index contributed by atoms with van der Waals surface area (Å²) < 4.78 is 22.7. The third-order valence-corrected chi connectivity index (χ3v) is 7.11. The van der Waals surface area contributed by atoms with Crippen molar-refractivity contribution >= 4 is 51.6 Å². The van der Waals surface area contributed by atoms with Crippen molar-refractivity contribution in [3.05, 3.63) is 105 Å². The number of para-hydroxylation sites is 1. The molecule has 9 nitrogen and oxygen atoms in total. The van der Waals surface area contributed by atoms with Gasteiger partial charge in [-0.15, -0.1) is 0 Å². The van der Waals surface area contributed by atoms with E-state index < -0.39 is 11.9 Å². The molecule has 5 aromatic rings. The van der Waals surface area contributed by atoms with Crippen LogP contribution in [0, 0.1) is 3.57 Å². The number of halogens is 1. The van der Waals surface area contributed by atoms with Crippen molar-refractivity contribution in [1.29, 1.82) is 0 Å². The second-order valence-corrected chi connectivity index (χ2v) is 10.2. The highest BCUT2D eigenvalue weighted by Crippen LogP contribution is 2.38. The molecule has 0 bridgehead atoms. The Balaban J connectivity index is 1.38. The van der Waals surface area contributed by atoms with Crippen LogP contribution >= 0.6 is 22.6 Å². The summed E-state index contributed by atoms with van der Waals surface area (Å²) in [5.41, 5.74) is 6.20. The van der Waals surface area contributed by atoms with E-state index >= 15 is 0 Å². The Morgan fingerprint density at radius 1 is 0.833 bits per heavy atom. The molecular formula is C32H26IN3O6. The molecule has 1 aromatic heterocycles. The molecule has 0 saturated heterocycles. The van der Waals surface area contributed by atoms with Gasteiger partial charge in [-0.2, -0.15) is 5.10 Å². The largest absolute Gasteiger partial charge is 0.493 e. The predicted octanol–water partition coefficient (Wildman–Crippen LogP) is 6.45. The number of ether oxygens (including phenoxy) is 4. The lowest BCUT2D eigenvalue weighted by molar-refractivity contribution is 0.0733. The van der Waals surface area contributed by atoms with Crippen molar-refractivity contribution < 1.29 is 28.5 Å². The Morgan fingerprint density at radius 3 is 2.21 bits per heavy atom. The summed E-state index contributed by atoms with van der Waals surface area (Å²) in [6.45, 7) is 0. The Bertz CT molecular complexity index is 1770. The van der Waals surface area contributed by atoms with Gasteiger partial charge in [0.25, 0.3) is 5.91 Å². The molecule has 0 radical (unpaired) electrons. The van der Waals surface area contributed by atoms with E-state index in [1.807, 2.05) is 48.5 Å². The van der Waals surface area contributed by atoms with E-state index in [1.54, 1.807) is 24.3 Å². The number of hydrogen-bond donors (Lipinski definition) is 2. The molecule has 0 saturated carbocycles. The van der Waals surface area contributed by atoms with Gasteiger partial charge >= 0.3 is 5.97 Å². The van der Waals surface area contributed by atoms with E-state index in [1.165, 1.54) is 39.7 Å². The van der Waals surface area contributed by atoms with Crippen LogP contribution in [0.4, 0.5) is 0 Å². The Morgan fingerprint density at radius 2 is 1.52 bits per heavy atom. The Labute approximate surface area is 255 Å². The van der Waals surface area contributed by atoms with Crippen LogP contribution in [0.3, 0.4) is 0 Å². The van der Waals surface area contributed by atoms with Crippen molar-refractivity contribution in [3.63, 3.8) is 0 Å². The third-order valence-electron chi connectivity index (χ3n) is 6.44. The van der Waals surface area contributed by atoms with Gasteiger partial charge in [0.05, 0.1) is 33.1 Å². The van der Waals surface area contributed by atoms with Gasteiger partial charge in [0.15, 0.2) is 11.5 Å². The smallest absolute Gasteiger partial charge is 0.343 e. The summed E-state index contributed by atoms with van der Waals surface area (Å²) in [7, 11) is 4.41. The normalized spacial score (nSPS) is 11.0. The van der Waals surface area contributed by atoms with E-state index in [-0.39, 0.29) is 11.3 Å². The maximum Gasteiger partial charge on any atom is 0.343 e. The van der Waals surface area contributed by atoms with Crippen LogP contribution in [-0.2, 0) is 0 Å². The average molecular weight is 675 g/mol. The number of fused-ring (bicyclic) bond motifs is 1. The van der Waals surface area contributed by atoms with Gasteiger partial charge in [-0.3, -0.25) is 4.79 Å². The lowest BCUT2D eigenvalue weighted by atomic mass is 10.0. The van der Waals surface area contributed by atoms with Crippen LogP contribution in [0.25, 0.3) is 22.0 Å². The van der Waals surface area contributed by atoms with Crippen molar-refractivity contribution in [2.24, 2.45) is 5.10 Å². The van der Waals surface area contributed by atoms with Gasteiger partial charge in [-0.05, 0) is 70.6 Å². The minimum Gasteiger partial charge on any atom is -0.493 e. The van der Waals surface area contributed by atoms with Gasteiger partial charge in [0, 0.05) is 25.6 Å². The lowest BCUT2D eigenvalue weighted by Crippen LogP contribution is -2.19. The van der Waals surface area contributed by atoms with E-state index in [4.69, 9.17) is 18.9 Å². The molecule has 0 aliphatic rings.